The SMILES string of the molecule is C=CC(=O)CN1CC[C@H](C(=O)N(C)[C@H](C(=O)NC2[C@@H]3CC3C23Cc2cccc(c2)-c2ccc4c(c2)c(c(-c2cc(CN(C)C)cnc2C(C)OC)n4CC)CC(C)(C)COC(=O)[C@@H]2CCCN(O2)C3=O)C(C)C)C1. The number of likely N-dealkylation sites (N-methyl/N-ethyl adjacent to an activating group) is 1. The van der Waals surface area contributed by atoms with E-state index >= 15 is 4.79 Å². The Morgan fingerprint density at radius 2 is 1.78 bits per heavy atom. The van der Waals surface area contributed by atoms with Crippen LogP contribution in [0.5, 0.6) is 0 Å². The molecule has 4 aromatic rings. The third-order valence-corrected chi connectivity index (χ3v) is 16.6. The Balaban J connectivity index is 1.11. The molecule has 5 heterocycles. The number of fused-ring (bicyclic) bond motifs is 8. The third-order valence-electron chi connectivity index (χ3n) is 16.6. The molecule has 3 amide bonds. The highest BCUT2D eigenvalue weighted by Crippen LogP contribution is 2.69. The zero-order valence-corrected chi connectivity index (χ0v) is 45.2. The van der Waals surface area contributed by atoms with Crippen LogP contribution in [-0.2, 0) is 64.2 Å². The third kappa shape index (κ3) is 10.1. The molecule has 3 aliphatic heterocycles. The van der Waals surface area contributed by atoms with Crippen LogP contribution in [0.1, 0.15) is 95.7 Å². The van der Waals surface area contributed by atoms with Gasteiger partial charge in [-0.25, -0.2) is 9.86 Å². The number of nitrogens with one attached hydrogen (secondary N) is 1. The minimum Gasteiger partial charge on any atom is -0.463 e. The van der Waals surface area contributed by atoms with E-state index in [2.05, 4.69) is 98.7 Å². The normalized spacial score (nSPS) is 25.5. The monoisotopic (exact) mass is 1010 g/mol. The summed E-state index contributed by atoms with van der Waals surface area (Å²) in [5.74, 6) is -1.84. The van der Waals surface area contributed by atoms with Crippen LogP contribution < -0.4 is 5.32 Å². The Morgan fingerprint density at radius 1 is 1.01 bits per heavy atom. The largest absolute Gasteiger partial charge is 0.463 e. The average molecular weight is 1010 g/mol. The van der Waals surface area contributed by atoms with E-state index in [0.29, 0.717) is 64.8 Å². The summed E-state index contributed by atoms with van der Waals surface area (Å²) in [6.45, 7) is 19.0. The summed E-state index contributed by atoms with van der Waals surface area (Å²) >= 11 is 0. The quantitative estimate of drug-likeness (QED) is 0.0991. The van der Waals surface area contributed by atoms with Gasteiger partial charge in [-0.05, 0) is 143 Å². The molecule has 2 aromatic heterocycles. The van der Waals surface area contributed by atoms with Gasteiger partial charge in [-0.3, -0.25) is 33.9 Å². The van der Waals surface area contributed by atoms with Crippen molar-refractivity contribution in [1.82, 2.24) is 34.6 Å². The van der Waals surface area contributed by atoms with Crippen molar-refractivity contribution < 1.29 is 38.3 Å². The number of methoxy groups -OCH3 is 1. The lowest BCUT2D eigenvalue weighted by Crippen LogP contribution is -2.68. The van der Waals surface area contributed by atoms with E-state index in [9.17, 15) is 19.2 Å². The second kappa shape index (κ2) is 21.1. The fraction of sp³-hybridized carbons (Fsp3) is 0.559. The highest BCUT2D eigenvalue weighted by Gasteiger charge is 2.75. The minimum atomic E-state index is -1.08. The van der Waals surface area contributed by atoms with E-state index in [4.69, 9.17) is 19.3 Å². The number of hydroxylamine groups is 2. The average Bonchev–Trinajstić information content (AvgIpc) is 3.83. The summed E-state index contributed by atoms with van der Waals surface area (Å²) in [6.07, 6.45) is 5.17. The predicted molar refractivity (Wildman–Crippen MR) is 284 cm³/mol. The Kier molecular flexibility index (Phi) is 15.2. The molecule has 4 unspecified atom stereocenters. The molecule has 396 valence electrons. The fourth-order valence-corrected chi connectivity index (χ4v) is 12.9. The topological polar surface area (TPSA) is 156 Å². The van der Waals surface area contributed by atoms with Crippen LogP contribution in [0.3, 0.4) is 0 Å². The lowest BCUT2D eigenvalue weighted by molar-refractivity contribution is -0.241. The van der Waals surface area contributed by atoms with Crippen molar-refractivity contribution in [3.8, 4) is 22.4 Å². The number of aromatic nitrogens is 2. The van der Waals surface area contributed by atoms with Crippen LogP contribution in [0.25, 0.3) is 33.3 Å². The Hall–Kier alpha value is -5.74. The smallest absolute Gasteiger partial charge is 0.338 e. The van der Waals surface area contributed by atoms with Gasteiger partial charge in [0.1, 0.15) is 6.04 Å². The number of nitrogens with zero attached hydrogens (tertiary/aromatic N) is 6. The highest BCUT2D eigenvalue weighted by molar-refractivity contribution is 5.96. The number of cyclic esters (lactones) is 1. The van der Waals surface area contributed by atoms with E-state index < -0.39 is 35.0 Å². The van der Waals surface area contributed by atoms with E-state index in [1.54, 1.807) is 19.1 Å². The maximum atomic E-state index is 15.5. The number of carbonyl (C=O) groups is 5. The van der Waals surface area contributed by atoms with Gasteiger partial charge < -0.3 is 29.2 Å². The number of ketones is 1. The number of carbonyl (C=O) groups excluding carboxylic acids is 5. The van der Waals surface area contributed by atoms with Crippen LogP contribution >= 0.6 is 0 Å². The van der Waals surface area contributed by atoms with Crippen LogP contribution in [0.2, 0.25) is 0 Å². The number of aryl methyl sites for hydroxylation is 1. The molecule has 9 rings (SSSR count). The molecule has 15 heteroatoms. The van der Waals surface area contributed by atoms with E-state index in [0.717, 1.165) is 62.1 Å². The minimum absolute atomic E-state index is 0.0199. The molecule has 6 bridgehead atoms. The Bertz CT molecular complexity index is 2840. The van der Waals surface area contributed by atoms with Crippen molar-refractivity contribution in [3.63, 3.8) is 0 Å². The van der Waals surface area contributed by atoms with Crippen molar-refractivity contribution in [2.75, 3.05) is 61.0 Å². The molecular formula is C59H77N7O8. The van der Waals surface area contributed by atoms with Gasteiger partial charge >= 0.3 is 5.97 Å². The fourth-order valence-electron chi connectivity index (χ4n) is 12.9. The van der Waals surface area contributed by atoms with Gasteiger partial charge in [0, 0.05) is 74.5 Å². The lowest BCUT2D eigenvalue weighted by atomic mass is 9.60. The molecule has 5 aliphatic rings. The van der Waals surface area contributed by atoms with Crippen molar-refractivity contribution in [2.24, 2.45) is 34.5 Å². The van der Waals surface area contributed by atoms with Crippen molar-refractivity contribution in [3.05, 3.63) is 89.8 Å². The molecule has 2 saturated carbocycles. The van der Waals surface area contributed by atoms with Gasteiger partial charge in [0.25, 0.3) is 5.91 Å². The number of amides is 3. The highest BCUT2D eigenvalue weighted by atomic mass is 16.7. The Morgan fingerprint density at radius 3 is 2.50 bits per heavy atom. The zero-order chi connectivity index (χ0) is 53.0. The summed E-state index contributed by atoms with van der Waals surface area (Å²) in [4.78, 5) is 87.9. The van der Waals surface area contributed by atoms with Gasteiger partial charge in [0.05, 0.1) is 42.0 Å². The number of likely N-dealkylation sites (tertiary alicyclic amines) is 1. The van der Waals surface area contributed by atoms with E-state index in [1.165, 1.54) is 11.1 Å². The summed E-state index contributed by atoms with van der Waals surface area (Å²) in [5, 5.41) is 5.86. The summed E-state index contributed by atoms with van der Waals surface area (Å²) in [5.41, 5.74) is 7.56. The molecule has 2 aromatic carbocycles. The molecular weight excluding hydrogens is 935 g/mol. The first-order chi connectivity index (χ1) is 35.3. The van der Waals surface area contributed by atoms with Gasteiger partial charge in [-0.15, -0.1) is 0 Å². The number of ether oxygens (including phenoxy) is 2. The second-order valence-corrected chi connectivity index (χ2v) is 23.2. The van der Waals surface area contributed by atoms with Gasteiger partial charge in [0.15, 0.2) is 11.9 Å². The molecule has 8 atom stereocenters. The van der Waals surface area contributed by atoms with Crippen molar-refractivity contribution in [1.29, 1.82) is 0 Å². The number of rotatable bonds is 14. The molecule has 1 spiro atoms. The van der Waals surface area contributed by atoms with Gasteiger partial charge in [0.2, 0.25) is 11.8 Å². The molecule has 2 saturated heterocycles. The predicted octanol–water partition coefficient (Wildman–Crippen LogP) is 7.43. The number of pyridine rings is 1. The van der Waals surface area contributed by atoms with Crippen molar-refractivity contribution >= 4 is 40.4 Å². The number of esters is 1. The number of hydrogen-bond donors (Lipinski definition) is 1. The summed E-state index contributed by atoms with van der Waals surface area (Å²) < 4.78 is 14.6. The van der Waals surface area contributed by atoms with Crippen LogP contribution in [0.4, 0.5) is 0 Å². The second-order valence-electron chi connectivity index (χ2n) is 23.2. The molecule has 74 heavy (non-hydrogen) atoms. The van der Waals surface area contributed by atoms with Crippen LogP contribution in [-0.4, -0.2) is 138 Å². The van der Waals surface area contributed by atoms with Crippen LogP contribution in [0, 0.1) is 34.5 Å². The first kappa shape index (κ1) is 53.1. The van der Waals surface area contributed by atoms with Gasteiger partial charge in [-0.2, -0.15) is 0 Å². The van der Waals surface area contributed by atoms with Gasteiger partial charge in [-0.1, -0.05) is 64.6 Å². The summed E-state index contributed by atoms with van der Waals surface area (Å²) in [6, 6.07) is 16.0. The molecule has 4 fully saturated rings. The molecule has 2 aliphatic carbocycles. The standard InChI is InChI=1S/C59H77N7O8/c1-12-42(67)33-64-23-21-41(32-64)55(69)63(10)51(35(3)4)54(68)61-53-44-27-47(44)59(53)28-37-16-14-17-39(24-37)40-19-20-48-43(26-40)46(29-58(6,7)34-73-56(70)49-18-15-22-66(74-49)57(59)71)52(65(48)13-2)45-25-38(31-62(8)9)30-60-50(45)36(5)72-11/h12,14,16-17,19-20,24-26,30,35-36,41,44,47,49,51,53H,1,13,15,18,21-23,27-29,31-34H2,2-11H3,(H,61,68)/t36?,41-,44+,47?,49-,51-,53?,59?/m0/s1. The molecule has 15 nitrogen and oxygen atoms in total. The van der Waals surface area contributed by atoms with Crippen LogP contribution in [0.15, 0.2) is 67.4 Å². The Labute approximate surface area is 436 Å². The maximum absolute atomic E-state index is 15.5. The number of benzene rings is 2. The molecule has 0 radical (unpaired) electrons. The first-order valence-corrected chi connectivity index (χ1v) is 26.8. The zero-order valence-electron chi connectivity index (χ0n) is 45.2. The lowest BCUT2D eigenvalue weighted by Gasteiger charge is -2.51. The first-order valence-electron chi connectivity index (χ1n) is 26.8. The summed E-state index contributed by atoms with van der Waals surface area (Å²) in [7, 11) is 7.51. The van der Waals surface area contributed by atoms with E-state index in [-0.39, 0.29) is 66.4 Å². The van der Waals surface area contributed by atoms with E-state index in [1.807, 2.05) is 37.9 Å². The number of hydrogen-bond acceptors (Lipinski definition) is 11. The maximum Gasteiger partial charge on any atom is 0.338 e. The van der Waals surface area contributed by atoms with Crippen molar-refractivity contribution in [2.45, 2.75) is 117 Å². The molecule has 1 N–H and O–H groups in total.